The lowest BCUT2D eigenvalue weighted by molar-refractivity contribution is -0.147. The van der Waals surface area contributed by atoms with E-state index in [4.69, 9.17) is 16.7 Å². The van der Waals surface area contributed by atoms with Gasteiger partial charge in [0.1, 0.15) is 0 Å². The number of alkyl halides is 1. The molecule has 2 N–H and O–H groups in total. The molecule has 92 valence electrons. The van der Waals surface area contributed by atoms with Gasteiger partial charge in [0, 0.05) is 15.6 Å². The Balaban J connectivity index is 3.02. The van der Waals surface area contributed by atoms with Gasteiger partial charge in [-0.2, -0.15) is 0 Å². The summed E-state index contributed by atoms with van der Waals surface area (Å²) in [4.78, 5) is 21.9. The van der Waals surface area contributed by atoms with Crippen LogP contribution in [-0.2, 0) is 16.0 Å². The van der Waals surface area contributed by atoms with Crippen molar-refractivity contribution in [3.05, 3.63) is 32.9 Å². The van der Waals surface area contributed by atoms with E-state index in [-0.39, 0.29) is 23.6 Å². The summed E-state index contributed by atoms with van der Waals surface area (Å²) in [6.45, 7) is 0. The van der Waals surface area contributed by atoms with Crippen molar-refractivity contribution in [1.82, 2.24) is 0 Å². The molecule has 0 aromatic heterocycles. The van der Waals surface area contributed by atoms with Crippen molar-refractivity contribution in [3.8, 4) is 0 Å². The van der Waals surface area contributed by atoms with Gasteiger partial charge in [-0.3, -0.25) is 4.79 Å². The Morgan fingerprint density at radius 2 is 2.06 bits per heavy atom. The zero-order valence-corrected chi connectivity index (χ0v) is 11.6. The number of carbonyl (C=O) groups excluding carboxylic acids is 1. The number of aliphatic carboxylic acids is 1. The quantitative estimate of drug-likeness (QED) is 0.613. The molecule has 0 aliphatic carbocycles. The standard InChI is InChI=1S/C11H10ClIO4/c12-5-7(14)3-6-1-2-9(13)8(4-6)10(15)11(16)17/h1-2,4,10,15H,3,5H2,(H,16,17). The molecule has 0 saturated carbocycles. The van der Waals surface area contributed by atoms with Crippen molar-refractivity contribution in [1.29, 1.82) is 0 Å². The zero-order chi connectivity index (χ0) is 13.0. The second kappa shape index (κ2) is 6.32. The summed E-state index contributed by atoms with van der Waals surface area (Å²) in [5.74, 6) is -1.55. The molecule has 1 aromatic carbocycles. The van der Waals surface area contributed by atoms with Gasteiger partial charge < -0.3 is 10.2 Å². The highest BCUT2D eigenvalue weighted by atomic mass is 127. The second-order valence-corrected chi connectivity index (χ2v) is 4.88. The first-order valence-corrected chi connectivity index (χ1v) is 6.34. The van der Waals surface area contributed by atoms with Crippen LogP contribution in [0.25, 0.3) is 0 Å². The summed E-state index contributed by atoms with van der Waals surface area (Å²) in [5, 5.41) is 18.2. The minimum absolute atomic E-state index is 0.0806. The average Bonchev–Trinajstić information content (AvgIpc) is 2.30. The first kappa shape index (κ1) is 14.4. The van der Waals surface area contributed by atoms with Crippen LogP contribution in [0.1, 0.15) is 17.2 Å². The summed E-state index contributed by atoms with van der Waals surface area (Å²) >= 11 is 7.33. The SMILES string of the molecule is O=C(CCl)Cc1ccc(I)c(C(O)C(=O)O)c1. The summed E-state index contributed by atoms with van der Waals surface area (Å²) in [6.07, 6.45) is -1.44. The van der Waals surface area contributed by atoms with E-state index >= 15 is 0 Å². The number of hydrogen-bond acceptors (Lipinski definition) is 3. The fourth-order valence-corrected chi connectivity index (χ4v) is 2.05. The van der Waals surface area contributed by atoms with Crippen LogP contribution in [0, 0.1) is 3.57 Å². The van der Waals surface area contributed by atoms with Crippen molar-refractivity contribution in [3.63, 3.8) is 0 Å². The van der Waals surface area contributed by atoms with Crippen molar-refractivity contribution < 1.29 is 19.8 Å². The smallest absolute Gasteiger partial charge is 0.337 e. The maximum Gasteiger partial charge on any atom is 0.337 e. The third-order valence-corrected chi connectivity index (χ3v) is 3.42. The monoisotopic (exact) mass is 368 g/mol. The minimum atomic E-state index is -1.58. The van der Waals surface area contributed by atoms with Crippen LogP contribution in [0.5, 0.6) is 0 Å². The van der Waals surface area contributed by atoms with Crippen LogP contribution in [0.4, 0.5) is 0 Å². The highest BCUT2D eigenvalue weighted by Crippen LogP contribution is 2.22. The maximum absolute atomic E-state index is 11.2. The second-order valence-electron chi connectivity index (χ2n) is 3.45. The fraction of sp³-hybridized carbons (Fsp3) is 0.273. The van der Waals surface area contributed by atoms with E-state index in [0.29, 0.717) is 9.13 Å². The number of rotatable bonds is 5. The van der Waals surface area contributed by atoms with Gasteiger partial charge in [0.2, 0.25) is 0 Å². The van der Waals surface area contributed by atoms with Gasteiger partial charge >= 0.3 is 5.97 Å². The number of ketones is 1. The third-order valence-electron chi connectivity index (χ3n) is 2.14. The van der Waals surface area contributed by atoms with Crippen molar-refractivity contribution in [2.75, 3.05) is 5.88 Å². The molecule has 0 aliphatic rings. The van der Waals surface area contributed by atoms with E-state index in [1.54, 1.807) is 12.1 Å². The molecule has 1 unspecified atom stereocenters. The molecule has 1 aromatic rings. The summed E-state index contributed by atoms with van der Waals surface area (Å²) < 4.78 is 0.638. The predicted molar refractivity (Wildman–Crippen MR) is 71.2 cm³/mol. The van der Waals surface area contributed by atoms with E-state index < -0.39 is 12.1 Å². The van der Waals surface area contributed by atoms with Gasteiger partial charge in [0.25, 0.3) is 0 Å². The van der Waals surface area contributed by atoms with Crippen molar-refractivity contribution in [2.24, 2.45) is 0 Å². The molecule has 0 aliphatic heterocycles. The van der Waals surface area contributed by atoms with Crippen LogP contribution < -0.4 is 0 Å². The highest BCUT2D eigenvalue weighted by Gasteiger charge is 2.19. The summed E-state index contributed by atoms with van der Waals surface area (Å²) in [6, 6.07) is 4.90. The first-order chi connectivity index (χ1) is 7.95. The summed E-state index contributed by atoms with van der Waals surface area (Å²) in [7, 11) is 0. The molecule has 4 nitrogen and oxygen atoms in total. The van der Waals surface area contributed by atoms with Crippen molar-refractivity contribution >= 4 is 45.9 Å². The third kappa shape index (κ3) is 3.93. The highest BCUT2D eigenvalue weighted by molar-refractivity contribution is 14.1. The van der Waals surface area contributed by atoms with Crippen LogP contribution in [0.3, 0.4) is 0 Å². The zero-order valence-electron chi connectivity index (χ0n) is 8.69. The topological polar surface area (TPSA) is 74.6 Å². The minimum Gasteiger partial charge on any atom is -0.479 e. The van der Waals surface area contributed by atoms with Crippen molar-refractivity contribution in [2.45, 2.75) is 12.5 Å². The van der Waals surface area contributed by atoms with E-state index in [1.807, 2.05) is 22.6 Å². The lowest BCUT2D eigenvalue weighted by atomic mass is 10.0. The normalized spacial score (nSPS) is 12.2. The van der Waals surface area contributed by atoms with E-state index in [0.717, 1.165) is 0 Å². The number of carbonyl (C=O) groups is 2. The Hall–Kier alpha value is -0.660. The number of carboxylic acid groups (broad SMARTS) is 1. The molecule has 0 heterocycles. The molecular weight excluding hydrogens is 358 g/mol. The van der Waals surface area contributed by atoms with E-state index in [9.17, 15) is 14.7 Å². The molecule has 0 saturated heterocycles. The lowest BCUT2D eigenvalue weighted by Gasteiger charge is -2.10. The largest absolute Gasteiger partial charge is 0.479 e. The Kier molecular flexibility index (Phi) is 5.35. The maximum atomic E-state index is 11.2. The fourth-order valence-electron chi connectivity index (χ4n) is 1.32. The molecule has 1 rings (SSSR count). The van der Waals surface area contributed by atoms with Gasteiger partial charge in [-0.15, -0.1) is 11.6 Å². The number of carboxylic acids is 1. The van der Waals surface area contributed by atoms with Crippen LogP contribution in [-0.4, -0.2) is 27.8 Å². The Morgan fingerprint density at radius 3 is 2.59 bits per heavy atom. The Labute approximate surface area is 117 Å². The van der Waals surface area contributed by atoms with E-state index in [1.165, 1.54) is 6.07 Å². The molecule has 1 atom stereocenters. The number of Topliss-reactive ketones (excluding diaryl/α,β-unsaturated/α-hetero) is 1. The van der Waals surface area contributed by atoms with Gasteiger partial charge in [-0.1, -0.05) is 12.1 Å². The molecule has 6 heteroatoms. The Morgan fingerprint density at radius 1 is 1.41 bits per heavy atom. The van der Waals surface area contributed by atoms with Gasteiger partial charge in [-0.05, 0) is 34.2 Å². The van der Waals surface area contributed by atoms with E-state index in [2.05, 4.69) is 0 Å². The molecular formula is C11H10ClIO4. The molecule has 0 fully saturated rings. The van der Waals surface area contributed by atoms with Gasteiger partial charge in [0.15, 0.2) is 11.9 Å². The van der Waals surface area contributed by atoms with Gasteiger partial charge in [-0.25, -0.2) is 4.79 Å². The van der Waals surface area contributed by atoms with Crippen LogP contribution >= 0.6 is 34.2 Å². The number of aliphatic hydroxyl groups excluding tert-OH is 1. The predicted octanol–water partition coefficient (Wildman–Crippen LogP) is 1.76. The molecule has 0 spiro atoms. The summed E-state index contributed by atoms with van der Waals surface area (Å²) in [5.41, 5.74) is 0.935. The number of halogens is 2. The Bertz CT molecular complexity index is 447. The average molecular weight is 369 g/mol. The molecule has 0 bridgehead atoms. The molecule has 0 amide bonds. The number of aliphatic hydroxyl groups is 1. The lowest BCUT2D eigenvalue weighted by Crippen LogP contribution is -2.13. The van der Waals surface area contributed by atoms with Crippen LogP contribution in [0.15, 0.2) is 18.2 Å². The number of hydrogen-bond donors (Lipinski definition) is 2. The molecule has 0 radical (unpaired) electrons. The number of benzene rings is 1. The van der Waals surface area contributed by atoms with Gasteiger partial charge in [0.05, 0.1) is 5.88 Å². The first-order valence-electron chi connectivity index (χ1n) is 4.72. The van der Waals surface area contributed by atoms with Crippen LogP contribution in [0.2, 0.25) is 0 Å². The molecule has 17 heavy (non-hydrogen) atoms.